The monoisotopic (exact) mass is 474 g/mol. The van der Waals surface area contributed by atoms with E-state index in [1.165, 1.54) is 6.07 Å². The number of nitro groups is 1. The van der Waals surface area contributed by atoms with Crippen LogP contribution in [-0.4, -0.2) is 27.6 Å². The summed E-state index contributed by atoms with van der Waals surface area (Å²) < 4.78 is 11.0. The number of nitrogens with one attached hydrogen (secondary N) is 1. The first-order chi connectivity index (χ1) is 16.5. The van der Waals surface area contributed by atoms with Gasteiger partial charge in [-0.3, -0.25) is 14.9 Å². The normalized spacial score (nSPS) is 25.1. The number of hydrogen-bond acceptors (Lipinski definition) is 7. The van der Waals surface area contributed by atoms with Gasteiger partial charge in [0.2, 0.25) is 12.7 Å². The molecule has 3 aliphatic rings. The van der Waals surface area contributed by atoms with Crippen molar-refractivity contribution in [2.75, 3.05) is 12.1 Å². The van der Waals surface area contributed by atoms with Crippen molar-refractivity contribution in [3.63, 3.8) is 0 Å². The quantitative estimate of drug-likeness (QED) is 0.426. The number of carbonyl (C=O) groups is 1. The number of ether oxygens (including phenoxy) is 2. The number of anilines is 1. The minimum absolute atomic E-state index is 0.110. The zero-order valence-electron chi connectivity index (χ0n) is 20.3. The van der Waals surface area contributed by atoms with Crippen LogP contribution in [0.5, 0.6) is 11.5 Å². The minimum atomic E-state index is -0.986. The summed E-state index contributed by atoms with van der Waals surface area (Å²) in [6.07, 6.45) is 1.35. The Morgan fingerprint density at radius 1 is 1.00 bits per heavy atom. The molecule has 2 heterocycles. The predicted octanol–water partition coefficient (Wildman–Crippen LogP) is 4.85. The van der Waals surface area contributed by atoms with Crippen LogP contribution in [0.1, 0.15) is 56.1 Å². The molecule has 1 aromatic heterocycles. The Balaban J connectivity index is 1.53. The van der Waals surface area contributed by atoms with Gasteiger partial charge in [-0.15, -0.1) is 0 Å². The number of nitro benzene ring substituents is 1. The molecule has 2 unspecified atom stereocenters. The van der Waals surface area contributed by atoms with Gasteiger partial charge in [-0.25, -0.2) is 9.97 Å². The highest BCUT2D eigenvalue weighted by Gasteiger charge is 2.73. The maximum absolute atomic E-state index is 14.2. The molecular weight excluding hydrogens is 448 g/mol. The van der Waals surface area contributed by atoms with Gasteiger partial charge >= 0.3 is 0 Å². The molecule has 2 bridgehead atoms. The fraction of sp³-hybridized carbons (Fsp3) is 0.423. The van der Waals surface area contributed by atoms with E-state index in [9.17, 15) is 14.9 Å². The summed E-state index contributed by atoms with van der Waals surface area (Å²) in [5.74, 6) is 0.952. The molecule has 9 heteroatoms. The molecule has 6 rings (SSSR count). The second-order valence-corrected chi connectivity index (χ2v) is 10.7. The first kappa shape index (κ1) is 21.8. The maximum atomic E-state index is 14.2. The average molecular weight is 475 g/mol. The molecule has 1 N–H and O–H groups in total. The topological polar surface area (TPSA) is 116 Å². The van der Waals surface area contributed by atoms with Crippen molar-refractivity contribution in [2.24, 2.45) is 5.41 Å². The maximum Gasteiger partial charge on any atom is 0.293 e. The smallest absolute Gasteiger partial charge is 0.293 e. The third-order valence-corrected chi connectivity index (χ3v) is 8.81. The van der Waals surface area contributed by atoms with Gasteiger partial charge in [0.15, 0.2) is 11.5 Å². The standard InChI is InChI=1S/C26H26N4O5/c1-13-8-14(2)20(17(9-13)30(32)33)29-23(31)26-7-6-25(5,24(26,3)4)21-22(26)28-16-11-19-18(34-12-35-19)10-15(16)27-21/h8-11H,6-7,12H2,1-5H3,(H,29,31). The van der Waals surface area contributed by atoms with Crippen molar-refractivity contribution >= 4 is 28.3 Å². The van der Waals surface area contributed by atoms with Gasteiger partial charge in [0.05, 0.1) is 32.8 Å². The highest BCUT2D eigenvalue weighted by atomic mass is 16.7. The number of rotatable bonds is 3. The van der Waals surface area contributed by atoms with E-state index in [0.29, 0.717) is 40.2 Å². The number of aryl methyl sites for hydroxylation is 2. The van der Waals surface area contributed by atoms with Gasteiger partial charge in [-0.2, -0.15) is 0 Å². The lowest BCUT2D eigenvalue weighted by molar-refractivity contribution is -0.384. The van der Waals surface area contributed by atoms with E-state index in [2.05, 4.69) is 26.1 Å². The van der Waals surface area contributed by atoms with Crippen molar-refractivity contribution in [3.8, 4) is 11.5 Å². The van der Waals surface area contributed by atoms with E-state index >= 15 is 0 Å². The molecule has 0 spiro atoms. The molecule has 3 aromatic rings. The van der Waals surface area contributed by atoms with Crippen molar-refractivity contribution in [1.82, 2.24) is 9.97 Å². The molecule has 1 fully saturated rings. The van der Waals surface area contributed by atoms with Crippen LogP contribution < -0.4 is 14.8 Å². The Labute approximate surface area is 202 Å². The Kier molecular flexibility index (Phi) is 4.15. The Morgan fingerprint density at radius 3 is 2.26 bits per heavy atom. The molecule has 2 aromatic carbocycles. The van der Waals surface area contributed by atoms with Crippen LogP contribution in [0.2, 0.25) is 0 Å². The molecular formula is C26H26N4O5. The van der Waals surface area contributed by atoms with Crippen molar-refractivity contribution in [3.05, 3.63) is 56.9 Å². The Hall–Kier alpha value is -3.75. The Bertz CT molecular complexity index is 1480. The van der Waals surface area contributed by atoms with Gasteiger partial charge in [0.25, 0.3) is 5.69 Å². The molecule has 2 atom stereocenters. The van der Waals surface area contributed by atoms with E-state index < -0.39 is 15.8 Å². The van der Waals surface area contributed by atoms with E-state index in [4.69, 9.17) is 19.4 Å². The number of fused-ring (bicyclic) bond motifs is 7. The van der Waals surface area contributed by atoms with Crippen LogP contribution in [0, 0.1) is 29.4 Å². The third-order valence-electron chi connectivity index (χ3n) is 8.81. The van der Waals surface area contributed by atoms with Crippen LogP contribution in [-0.2, 0) is 15.6 Å². The number of hydrogen-bond donors (Lipinski definition) is 1. The van der Waals surface area contributed by atoms with Gasteiger partial charge in [0.1, 0.15) is 5.69 Å². The summed E-state index contributed by atoms with van der Waals surface area (Å²) in [6, 6.07) is 6.96. The average Bonchev–Trinajstić information content (AvgIpc) is 3.37. The number of amides is 1. The van der Waals surface area contributed by atoms with Crippen LogP contribution in [0.25, 0.3) is 11.0 Å². The number of benzene rings is 2. The van der Waals surface area contributed by atoms with Crippen LogP contribution in [0.3, 0.4) is 0 Å². The molecule has 9 nitrogen and oxygen atoms in total. The molecule has 180 valence electrons. The lowest BCUT2D eigenvalue weighted by atomic mass is 9.63. The number of carbonyl (C=O) groups excluding carboxylic acids is 1. The lowest BCUT2D eigenvalue weighted by Crippen LogP contribution is -2.48. The molecule has 1 aliphatic heterocycles. The zero-order valence-corrected chi connectivity index (χ0v) is 20.3. The lowest BCUT2D eigenvalue weighted by Gasteiger charge is -2.39. The van der Waals surface area contributed by atoms with Crippen LogP contribution in [0.15, 0.2) is 24.3 Å². The van der Waals surface area contributed by atoms with E-state index in [1.54, 1.807) is 19.9 Å². The van der Waals surface area contributed by atoms with Gasteiger partial charge in [-0.1, -0.05) is 26.8 Å². The summed E-state index contributed by atoms with van der Waals surface area (Å²) in [4.78, 5) is 35.6. The molecule has 0 radical (unpaired) electrons. The zero-order chi connectivity index (χ0) is 24.9. The van der Waals surface area contributed by atoms with E-state index in [1.807, 2.05) is 12.1 Å². The first-order valence-corrected chi connectivity index (χ1v) is 11.7. The predicted molar refractivity (Wildman–Crippen MR) is 129 cm³/mol. The summed E-state index contributed by atoms with van der Waals surface area (Å²) >= 11 is 0. The third kappa shape index (κ3) is 2.55. The number of nitrogens with zero attached hydrogens (tertiary/aromatic N) is 3. The SMILES string of the molecule is Cc1cc(C)c(NC(=O)C23CCC(C)(c4nc5cc6c(cc5nc42)OCO6)C3(C)C)c([N+](=O)[O-])c1. The van der Waals surface area contributed by atoms with Gasteiger partial charge in [0, 0.05) is 23.6 Å². The molecule has 1 amide bonds. The Morgan fingerprint density at radius 2 is 1.63 bits per heavy atom. The summed E-state index contributed by atoms with van der Waals surface area (Å²) in [5, 5.41) is 14.8. The fourth-order valence-corrected chi connectivity index (χ4v) is 6.47. The fourth-order valence-electron chi connectivity index (χ4n) is 6.47. The summed E-state index contributed by atoms with van der Waals surface area (Å²) in [6.45, 7) is 10.0. The second-order valence-electron chi connectivity index (χ2n) is 10.7. The van der Waals surface area contributed by atoms with Crippen molar-refractivity contribution in [1.29, 1.82) is 0 Å². The minimum Gasteiger partial charge on any atom is -0.454 e. The van der Waals surface area contributed by atoms with Crippen LogP contribution in [0.4, 0.5) is 11.4 Å². The molecule has 35 heavy (non-hydrogen) atoms. The van der Waals surface area contributed by atoms with Crippen molar-refractivity contribution < 1.29 is 19.2 Å². The molecule has 0 saturated heterocycles. The van der Waals surface area contributed by atoms with Crippen LogP contribution >= 0.6 is 0 Å². The molecule has 2 aliphatic carbocycles. The van der Waals surface area contributed by atoms with E-state index in [0.717, 1.165) is 17.7 Å². The highest BCUT2D eigenvalue weighted by molar-refractivity contribution is 6.03. The molecule has 1 saturated carbocycles. The second kappa shape index (κ2) is 6.68. The van der Waals surface area contributed by atoms with E-state index in [-0.39, 0.29) is 29.5 Å². The first-order valence-electron chi connectivity index (χ1n) is 11.7. The summed E-state index contributed by atoms with van der Waals surface area (Å²) in [5.41, 5.74) is 2.42. The van der Waals surface area contributed by atoms with Gasteiger partial charge in [-0.05, 0) is 43.2 Å². The van der Waals surface area contributed by atoms with Crippen molar-refractivity contribution in [2.45, 2.75) is 58.3 Å². The largest absolute Gasteiger partial charge is 0.454 e. The number of aromatic nitrogens is 2. The highest BCUT2D eigenvalue weighted by Crippen LogP contribution is 2.70. The summed E-state index contributed by atoms with van der Waals surface area (Å²) in [7, 11) is 0. The van der Waals surface area contributed by atoms with Gasteiger partial charge < -0.3 is 14.8 Å².